The molecule has 130 valence electrons. The van der Waals surface area contributed by atoms with Crippen LogP contribution in [0.25, 0.3) is 0 Å². The van der Waals surface area contributed by atoms with E-state index in [2.05, 4.69) is 26.0 Å². The van der Waals surface area contributed by atoms with Crippen molar-refractivity contribution < 1.29 is 14.7 Å². The highest BCUT2D eigenvalue weighted by Crippen LogP contribution is 2.42. The maximum atomic E-state index is 12.7. The largest absolute Gasteiger partial charge is 0.480 e. The summed E-state index contributed by atoms with van der Waals surface area (Å²) >= 11 is 0. The van der Waals surface area contributed by atoms with Crippen molar-refractivity contribution in [3.05, 3.63) is 35.9 Å². The molecule has 1 heterocycles. The van der Waals surface area contributed by atoms with Gasteiger partial charge < -0.3 is 10.0 Å². The Labute approximate surface area is 143 Å². The SMILES string of the molecule is CC(C)(CCC(=O)N1CC2CCCC2C1C(=O)O)c1ccccc1. The maximum Gasteiger partial charge on any atom is 0.326 e. The molecule has 3 atom stereocenters. The predicted octanol–water partition coefficient (Wildman–Crippen LogP) is 3.46. The van der Waals surface area contributed by atoms with Crippen LogP contribution in [0.4, 0.5) is 0 Å². The number of carboxylic acids is 1. The quantitative estimate of drug-likeness (QED) is 0.900. The number of hydrogen-bond donors (Lipinski definition) is 1. The molecule has 1 amide bonds. The van der Waals surface area contributed by atoms with Gasteiger partial charge in [-0.1, -0.05) is 50.6 Å². The third-order valence-electron chi connectivity index (χ3n) is 5.98. The molecule has 1 aromatic rings. The summed E-state index contributed by atoms with van der Waals surface area (Å²) in [7, 11) is 0. The number of rotatable bonds is 5. The number of hydrogen-bond acceptors (Lipinski definition) is 2. The van der Waals surface area contributed by atoms with Crippen LogP contribution in [0.2, 0.25) is 0 Å². The molecule has 2 aliphatic rings. The lowest BCUT2D eigenvalue weighted by atomic mass is 9.80. The van der Waals surface area contributed by atoms with Gasteiger partial charge in [0, 0.05) is 13.0 Å². The second-order valence-electron chi connectivity index (χ2n) is 7.93. The van der Waals surface area contributed by atoms with E-state index < -0.39 is 12.0 Å². The van der Waals surface area contributed by atoms with Gasteiger partial charge in [-0.15, -0.1) is 0 Å². The Kier molecular flexibility index (Phi) is 4.66. The zero-order valence-corrected chi connectivity index (χ0v) is 14.6. The van der Waals surface area contributed by atoms with Crippen molar-refractivity contribution in [2.75, 3.05) is 6.54 Å². The zero-order valence-electron chi connectivity index (χ0n) is 14.6. The van der Waals surface area contributed by atoms with E-state index in [0.29, 0.717) is 18.9 Å². The monoisotopic (exact) mass is 329 g/mol. The van der Waals surface area contributed by atoms with E-state index in [1.54, 1.807) is 4.90 Å². The van der Waals surface area contributed by atoms with Crippen molar-refractivity contribution in [1.82, 2.24) is 4.90 Å². The molecule has 24 heavy (non-hydrogen) atoms. The van der Waals surface area contributed by atoms with Crippen molar-refractivity contribution >= 4 is 11.9 Å². The Morgan fingerprint density at radius 3 is 2.58 bits per heavy atom. The summed E-state index contributed by atoms with van der Waals surface area (Å²) in [4.78, 5) is 26.1. The summed E-state index contributed by atoms with van der Waals surface area (Å²) < 4.78 is 0. The number of carbonyl (C=O) groups excluding carboxylic acids is 1. The predicted molar refractivity (Wildman–Crippen MR) is 92.7 cm³/mol. The fourth-order valence-corrected chi connectivity index (χ4v) is 4.48. The molecule has 1 aliphatic carbocycles. The van der Waals surface area contributed by atoms with E-state index in [1.807, 2.05) is 18.2 Å². The molecule has 1 N–H and O–H groups in total. The van der Waals surface area contributed by atoms with Crippen molar-refractivity contribution in [1.29, 1.82) is 0 Å². The minimum absolute atomic E-state index is 0.000746. The van der Waals surface area contributed by atoms with Gasteiger partial charge >= 0.3 is 5.97 Å². The van der Waals surface area contributed by atoms with E-state index in [9.17, 15) is 14.7 Å². The molecule has 2 fully saturated rings. The van der Waals surface area contributed by atoms with Crippen LogP contribution < -0.4 is 0 Å². The molecule has 0 radical (unpaired) electrons. The number of fused-ring (bicyclic) bond motifs is 1. The first-order chi connectivity index (χ1) is 11.4. The van der Waals surface area contributed by atoms with Gasteiger partial charge in [-0.3, -0.25) is 4.79 Å². The van der Waals surface area contributed by atoms with Crippen LogP contribution in [0.5, 0.6) is 0 Å². The number of nitrogens with zero attached hydrogens (tertiary/aromatic N) is 1. The highest BCUT2D eigenvalue weighted by Gasteiger charge is 2.49. The van der Waals surface area contributed by atoms with E-state index >= 15 is 0 Å². The molecule has 4 heteroatoms. The lowest BCUT2D eigenvalue weighted by Crippen LogP contribution is -2.43. The average Bonchev–Trinajstić information content (AvgIpc) is 3.13. The summed E-state index contributed by atoms with van der Waals surface area (Å²) in [6.07, 6.45) is 4.25. The van der Waals surface area contributed by atoms with E-state index in [1.165, 1.54) is 5.56 Å². The number of carboxylic acid groups (broad SMARTS) is 1. The highest BCUT2D eigenvalue weighted by molar-refractivity contribution is 5.84. The Morgan fingerprint density at radius 1 is 1.21 bits per heavy atom. The molecule has 0 bridgehead atoms. The van der Waals surface area contributed by atoms with Crippen molar-refractivity contribution in [2.24, 2.45) is 11.8 Å². The first kappa shape index (κ1) is 17.0. The molecular weight excluding hydrogens is 302 g/mol. The standard InChI is InChI=1S/C20H27NO3/c1-20(2,15-8-4-3-5-9-15)12-11-17(22)21-13-14-7-6-10-16(14)18(21)19(23)24/h3-5,8-9,14,16,18H,6-7,10-13H2,1-2H3,(H,23,24). The Morgan fingerprint density at radius 2 is 1.92 bits per heavy atom. The molecule has 3 rings (SSSR count). The van der Waals surface area contributed by atoms with Crippen LogP contribution in [0, 0.1) is 11.8 Å². The lowest BCUT2D eigenvalue weighted by Gasteiger charge is -2.28. The van der Waals surface area contributed by atoms with E-state index in [-0.39, 0.29) is 17.2 Å². The minimum atomic E-state index is -0.833. The summed E-state index contributed by atoms with van der Waals surface area (Å²) in [5, 5.41) is 9.59. The topological polar surface area (TPSA) is 57.6 Å². The highest BCUT2D eigenvalue weighted by atomic mass is 16.4. The summed E-state index contributed by atoms with van der Waals surface area (Å²) in [5.74, 6) is -0.286. The number of benzene rings is 1. The summed E-state index contributed by atoms with van der Waals surface area (Å²) in [6, 6.07) is 9.59. The number of amides is 1. The van der Waals surface area contributed by atoms with Crippen LogP contribution >= 0.6 is 0 Å². The first-order valence-corrected chi connectivity index (χ1v) is 8.98. The third kappa shape index (κ3) is 3.19. The molecule has 4 nitrogen and oxygen atoms in total. The molecule has 1 aromatic carbocycles. The van der Waals surface area contributed by atoms with Crippen LogP contribution in [0.3, 0.4) is 0 Å². The molecule has 1 saturated carbocycles. The fraction of sp³-hybridized carbons (Fsp3) is 0.600. The second-order valence-corrected chi connectivity index (χ2v) is 7.93. The van der Waals surface area contributed by atoms with Crippen LogP contribution in [0.1, 0.15) is 51.5 Å². The smallest absolute Gasteiger partial charge is 0.326 e. The van der Waals surface area contributed by atoms with E-state index in [4.69, 9.17) is 0 Å². The normalized spacial score (nSPS) is 26.4. The zero-order chi connectivity index (χ0) is 17.3. The number of carbonyl (C=O) groups is 2. The molecule has 0 spiro atoms. The summed E-state index contributed by atoms with van der Waals surface area (Å²) in [5.41, 5.74) is 1.12. The van der Waals surface area contributed by atoms with Crippen molar-refractivity contribution in [3.8, 4) is 0 Å². The van der Waals surface area contributed by atoms with Crippen LogP contribution in [0.15, 0.2) is 30.3 Å². The van der Waals surface area contributed by atoms with Gasteiger partial charge in [-0.05, 0) is 42.1 Å². The molecule has 1 aliphatic heterocycles. The fourth-order valence-electron chi connectivity index (χ4n) is 4.48. The third-order valence-corrected chi connectivity index (χ3v) is 5.98. The lowest BCUT2D eigenvalue weighted by molar-refractivity contribution is -0.149. The van der Waals surface area contributed by atoms with Gasteiger partial charge in [-0.2, -0.15) is 0 Å². The molecular formula is C20H27NO3. The average molecular weight is 329 g/mol. The number of likely N-dealkylation sites (tertiary alicyclic amines) is 1. The molecule has 0 aromatic heterocycles. The first-order valence-electron chi connectivity index (χ1n) is 8.98. The van der Waals surface area contributed by atoms with Crippen molar-refractivity contribution in [2.45, 2.75) is 57.4 Å². The van der Waals surface area contributed by atoms with Gasteiger partial charge in [0.05, 0.1) is 0 Å². The van der Waals surface area contributed by atoms with Gasteiger partial charge in [0.2, 0.25) is 5.91 Å². The maximum absolute atomic E-state index is 12.7. The van der Waals surface area contributed by atoms with E-state index in [0.717, 1.165) is 25.7 Å². The van der Waals surface area contributed by atoms with Gasteiger partial charge in [0.1, 0.15) is 6.04 Å². The van der Waals surface area contributed by atoms with Crippen LogP contribution in [-0.4, -0.2) is 34.5 Å². The summed E-state index contributed by atoms with van der Waals surface area (Å²) in [6.45, 7) is 4.91. The Hall–Kier alpha value is -1.84. The van der Waals surface area contributed by atoms with Gasteiger partial charge in [0.15, 0.2) is 0 Å². The number of aliphatic carboxylic acids is 1. The van der Waals surface area contributed by atoms with Gasteiger partial charge in [0.25, 0.3) is 0 Å². The molecule has 3 unspecified atom stereocenters. The Bertz CT molecular complexity index is 611. The second kappa shape index (κ2) is 6.58. The molecule has 1 saturated heterocycles. The van der Waals surface area contributed by atoms with Gasteiger partial charge in [-0.25, -0.2) is 4.79 Å². The van der Waals surface area contributed by atoms with Crippen molar-refractivity contribution in [3.63, 3.8) is 0 Å². The van der Waals surface area contributed by atoms with Crippen LogP contribution in [-0.2, 0) is 15.0 Å². The minimum Gasteiger partial charge on any atom is -0.480 e. The Balaban J connectivity index is 1.65.